The number of rotatable bonds is 0. The van der Waals surface area contributed by atoms with Gasteiger partial charge in [0.05, 0.1) is 0 Å². The highest BCUT2D eigenvalue weighted by Crippen LogP contribution is 2.17. The highest BCUT2D eigenvalue weighted by atomic mass is 16.5. The quantitative estimate of drug-likeness (QED) is 0.536. The second-order valence-electron chi connectivity index (χ2n) is 2.62. The van der Waals surface area contributed by atoms with Gasteiger partial charge in [-0.15, -0.1) is 0 Å². The van der Waals surface area contributed by atoms with E-state index in [-0.39, 0.29) is 0 Å². The van der Waals surface area contributed by atoms with E-state index in [0.717, 1.165) is 19.0 Å². The van der Waals surface area contributed by atoms with Crippen molar-refractivity contribution < 1.29 is 4.74 Å². The number of nitrogens with zero attached hydrogens (tertiary/aromatic N) is 2. The lowest BCUT2D eigenvalue weighted by Crippen LogP contribution is -2.22. The molecule has 1 aromatic rings. The molecule has 1 aromatic heterocycles. The predicted octanol–water partition coefficient (Wildman–Crippen LogP) is 1.05. The average molecular weight is 138 g/mol. The maximum Gasteiger partial charge on any atom is 0.296 e. The molecule has 1 unspecified atom stereocenters. The van der Waals surface area contributed by atoms with Crippen molar-refractivity contribution in [3.63, 3.8) is 0 Å². The van der Waals surface area contributed by atoms with E-state index >= 15 is 0 Å². The minimum Gasteiger partial charge on any atom is -0.462 e. The first-order chi connectivity index (χ1) is 4.86. The SMILES string of the molecule is CC1CCn2ccnc2O1. The molecular weight excluding hydrogens is 128 g/mol. The Hall–Kier alpha value is -0.990. The van der Waals surface area contributed by atoms with E-state index in [1.165, 1.54) is 0 Å². The van der Waals surface area contributed by atoms with Crippen LogP contribution in [0.1, 0.15) is 13.3 Å². The summed E-state index contributed by atoms with van der Waals surface area (Å²) in [6, 6.07) is 0.763. The topological polar surface area (TPSA) is 27.1 Å². The van der Waals surface area contributed by atoms with Gasteiger partial charge in [0.2, 0.25) is 0 Å². The highest BCUT2D eigenvalue weighted by molar-refractivity contribution is 5.00. The van der Waals surface area contributed by atoms with Gasteiger partial charge < -0.3 is 9.30 Å². The molecule has 2 rings (SSSR count). The van der Waals surface area contributed by atoms with Crippen molar-refractivity contribution in [2.45, 2.75) is 26.0 Å². The summed E-state index contributed by atoms with van der Waals surface area (Å²) in [5.41, 5.74) is 0. The Morgan fingerprint density at radius 1 is 1.80 bits per heavy atom. The summed E-state index contributed by atoms with van der Waals surface area (Å²) in [7, 11) is 0. The minimum atomic E-state index is 0.329. The van der Waals surface area contributed by atoms with Crippen LogP contribution in [0.4, 0.5) is 0 Å². The fraction of sp³-hybridized carbons (Fsp3) is 0.571. The van der Waals surface area contributed by atoms with Gasteiger partial charge in [0.25, 0.3) is 6.01 Å². The Labute approximate surface area is 59.6 Å². The molecule has 2 heterocycles. The first-order valence-corrected chi connectivity index (χ1v) is 3.54. The van der Waals surface area contributed by atoms with E-state index in [9.17, 15) is 0 Å². The average Bonchev–Trinajstić information content (AvgIpc) is 2.33. The van der Waals surface area contributed by atoms with Crippen LogP contribution in [0.15, 0.2) is 12.4 Å². The molecule has 0 radical (unpaired) electrons. The molecule has 0 aliphatic carbocycles. The van der Waals surface area contributed by atoms with Crippen LogP contribution < -0.4 is 4.74 Å². The molecule has 0 bridgehead atoms. The molecule has 1 aliphatic heterocycles. The molecule has 0 spiro atoms. The van der Waals surface area contributed by atoms with Crippen LogP contribution in [-0.2, 0) is 6.54 Å². The lowest BCUT2D eigenvalue weighted by molar-refractivity contribution is 0.148. The van der Waals surface area contributed by atoms with Gasteiger partial charge in [-0.05, 0) is 6.92 Å². The van der Waals surface area contributed by atoms with Crippen molar-refractivity contribution >= 4 is 0 Å². The highest BCUT2D eigenvalue weighted by Gasteiger charge is 2.14. The number of ether oxygens (including phenoxy) is 1. The number of aryl methyl sites for hydroxylation is 1. The molecule has 1 aliphatic rings. The van der Waals surface area contributed by atoms with E-state index in [0.29, 0.717) is 6.10 Å². The number of imidazole rings is 1. The van der Waals surface area contributed by atoms with Crippen molar-refractivity contribution in [1.29, 1.82) is 0 Å². The van der Waals surface area contributed by atoms with Crippen LogP contribution in [-0.4, -0.2) is 15.7 Å². The number of aromatic nitrogens is 2. The largest absolute Gasteiger partial charge is 0.462 e. The summed E-state index contributed by atoms with van der Waals surface area (Å²) in [6.07, 6.45) is 5.13. The van der Waals surface area contributed by atoms with E-state index in [2.05, 4.69) is 11.9 Å². The molecule has 3 heteroatoms. The Morgan fingerprint density at radius 3 is 3.60 bits per heavy atom. The molecule has 0 fully saturated rings. The third kappa shape index (κ3) is 0.781. The summed E-state index contributed by atoms with van der Waals surface area (Å²) in [5.74, 6) is 0. The zero-order valence-corrected chi connectivity index (χ0v) is 5.95. The summed E-state index contributed by atoms with van der Waals surface area (Å²) >= 11 is 0. The maximum atomic E-state index is 5.42. The van der Waals surface area contributed by atoms with Gasteiger partial charge in [-0.3, -0.25) is 0 Å². The van der Waals surface area contributed by atoms with Crippen LogP contribution in [0.5, 0.6) is 6.01 Å². The van der Waals surface area contributed by atoms with E-state index in [1.54, 1.807) is 6.20 Å². The molecule has 3 nitrogen and oxygen atoms in total. The standard InChI is InChI=1S/C7H10N2O/c1-6-2-4-9-5-3-8-7(9)10-6/h3,5-6H,2,4H2,1H3. The molecule has 1 atom stereocenters. The fourth-order valence-electron chi connectivity index (χ4n) is 1.14. The van der Waals surface area contributed by atoms with Gasteiger partial charge in [0, 0.05) is 25.4 Å². The maximum absolute atomic E-state index is 5.42. The third-order valence-corrected chi connectivity index (χ3v) is 1.76. The minimum absolute atomic E-state index is 0.329. The van der Waals surface area contributed by atoms with Gasteiger partial charge in [0.1, 0.15) is 6.10 Å². The molecule has 0 N–H and O–H groups in total. The number of fused-ring (bicyclic) bond motifs is 1. The molecule has 0 saturated carbocycles. The Morgan fingerprint density at radius 2 is 2.70 bits per heavy atom. The van der Waals surface area contributed by atoms with Gasteiger partial charge in [-0.25, -0.2) is 4.98 Å². The number of hydrogen-bond donors (Lipinski definition) is 0. The predicted molar refractivity (Wildman–Crippen MR) is 36.9 cm³/mol. The second kappa shape index (κ2) is 2.01. The van der Waals surface area contributed by atoms with Crippen molar-refractivity contribution in [2.75, 3.05) is 0 Å². The summed E-state index contributed by atoms with van der Waals surface area (Å²) in [6.45, 7) is 3.11. The van der Waals surface area contributed by atoms with Gasteiger partial charge in [0.15, 0.2) is 0 Å². The lowest BCUT2D eigenvalue weighted by atomic mass is 10.2. The van der Waals surface area contributed by atoms with Crippen LogP contribution in [0, 0.1) is 0 Å². The molecule has 10 heavy (non-hydrogen) atoms. The zero-order chi connectivity index (χ0) is 6.97. The Bertz CT molecular complexity index is 231. The van der Waals surface area contributed by atoms with Crippen molar-refractivity contribution in [3.8, 4) is 6.01 Å². The molecule has 0 saturated heterocycles. The zero-order valence-electron chi connectivity index (χ0n) is 5.95. The molecule has 54 valence electrons. The summed E-state index contributed by atoms with van der Waals surface area (Å²) in [5, 5.41) is 0. The van der Waals surface area contributed by atoms with Crippen molar-refractivity contribution in [3.05, 3.63) is 12.4 Å². The number of hydrogen-bond acceptors (Lipinski definition) is 2. The molecule has 0 aromatic carbocycles. The second-order valence-corrected chi connectivity index (χ2v) is 2.62. The Balaban J connectivity index is 2.30. The van der Waals surface area contributed by atoms with Crippen molar-refractivity contribution in [2.24, 2.45) is 0 Å². The molecular formula is C7H10N2O. The van der Waals surface area contributed by atoms with Crippen LogP contribution in [0.3, 0.4) is 0 Å². The van der Waals surface area contributed by atoms with Crippen LogP contribution >= 0.6 is 0 Å². The van der Waals surface area contributed by atoms with E-state index < -0.39 is 0 Å². The van der Waals surface area contributed by atoms with Gasteiger partial charge >= 0.3 is 0 Å². The van der Waals surface area contributed by atoms with Gasteiger partial charge in [-0.2, -0.15) is 0 Å². The van der Waals surface area contributed by atoms with Crippen LogP contribution in [0.25, 0.3) is 0 Å². The first kappa shape index (κ1) is 5.77. The Kier molecular flexibility index (Phi) is 1.16. The lowest BCUT2D eigenvalue weighted by Gasteiger charge is -2.20. The molecule has 0 amide bonds. The first-order valence-electron chi connectivity index (χ1n) is 3.54. The summed E-state index contributed by atoms with van der Waals surface area (Å²) < 4.78 is 7.45. The monoisotopic (exact) mass is 138 g/mol. The van der Waals surface area contributed by atoms with Crippen molar-refractivity contribution in [1.82, 2.24) is 9.55 Å². The normalized spacial score (nSPS) is 23.5. The van der Waals surface area contributed by atoms with E-state index in [4.69, 9.17) is 4.74 Å². The fourth-order valence-corrected chi connectivity index (χ4v) is 1.14. The van der Waals surface area contributed by atoms with E-state index in [1.807, 2.05) is 10.8 Å². The van der Waals surface area contributed by atoms with Gasteiger partial charge in [-0.1, -0.05) is 0 Å². The smallest absolute Gasteiger partial charge is 0.296 e. The third-order valence-electron chi connectivity index (χ3n) is 1.76. The van der Waals surface area contributed by atoms with Crippen LogP contribution in [0.2, 0.25) is 0 Å². The summed E-state index contributed by atoms with van der Waals surface area (Å²) in [4.78, 5) is 4.05.